The van der Waals surface area contributed by atoms with Crippen LogP contribution in [0.1, 0.15) is 44.5 Å². The molecule has 1 aromatic carbocycles. The van der Waals surface area contributed by atoms with Gasteiger partial charge in [-0.3, -0.25) is 0 Å². The first-order valence-electron chi connectivity index (χ1n) is 15.0. The summed E-state index contributed by atoms with van der Waals surface area (Å²) in [7, 11) is -0.558. The number of ether oxygens (including phenoxy) is 2. The Labute approximate surface area is 261 Å². The number of hydrogen-bond acceptors (Lipinski definition) is 10. The maximum atomic E-state index is 11.6. The number of aryl methyl sites for hydroxylation is 1. The summed E-state index contributed by atoms with van der Waals surface area (Å²) in [6.07, 6.45) is 2.38. The van der Waals surface area contributed by atoms with Crippen LogP contribution in [0, 0.1) is 18.3 Å². The highest BCUT2D eigenvalue weighted by atomic mass is 28.4. The Kier molecular flexibility index (Phi) is 9.00. The third-order valence-electron chi connectivity index (χ3n) is 8.84. The molecule has 0 aliphatic carbocycles. The van der Waals surface area contributed by atoms with Gasteiger partial charge in [0.05, 0.1) is 43.3 Å². The van der Waals surface area contributed by atoms with Crippen molar-refractivity contribution in [3.63, 3.8) is 0 Å². The molecule has 1 saturated heterocycles. The maximum Gasteiger partial charge on any atom is 0.329 e. The highest BCUT2D eigenvalue weighted by molar-refractivity contribution is 6.74. The first kappa shape index (κ1) is 31.8. The Bertz CT molecular complexity index is 1560. The summed E-state index contributed by atoms with van der Waals surface area (Å²) in [4.78, 5) is 22.8. The number of carbonyl (C=O) groups excluding carboxylic acids is 1. The second-order valence-electron chi connectivity index (χ2n) is 13.4. The van der Waals surface area contributed by atoms with Crippen molar-refractivity contribution in [2.24, 2.45) is 0 Å². The van der Waals surface area contributed by atoms with Gasteiger partial charge in [-0.05, 0) is 48.8 Å². The molecule has 1 fully saturated rings. The van der Waals surface area contributed by atoms with E-state index in [9.17, 15) is 10.1 Å². The van der Waals surface area contributed by atoms with E-state index >= 15 is 0 Å². The normalized spacial score (nSPS) is 20.2. The van der Waals surface area contributed by atoms with Crippen LogP contribution >= 0.6 is 0 Å². The molecule has 2 atom stereocenters. The topological polar surface area (TPSA) is 127 Å². The summed E-state index contributed by atoms with van der Waals surface area (Å²) in [5.74, 6) is 1.15. The van der Waals surface area contributed by atoms with Gasteiger partial charge in [0.1, 0.15) is 24.2 Å². The van der Waals surface area contributed by atoms with Gasteiger partial charge < -0.3 is 28.8 Å². The van der Waals surface area contributed by atoms with E-state index in [0.717, 1.165) is 34.5 Å². The number of benzene rings is 1. The van der Waals surface area contributed by atoms with E-state index in [-0.39, 0.29) is 11.1 Å². The molecular formula is C31H41BN7O4Si. The molecule has 4 heterocycles. The van der Waals surface area contributed by atoms with E-state index in [1.54, 1.807) is 6.20 Å². The average Bonchev–Trinajstić information content (AvgIpc) is 3.47. The van der Waals surface area contributed by atoms with Gasteiger partial charge in [-0.1, -0.05) is 27.7 Å². The molecule has 44 heavy (non-hydrogen) atoms. The predicted octanol–water partition coefficient (Wildman–Crippen LogP) is 4.59. The van der Waals surface area contributed by atoms with E-state index in [4.69, 9.17) is 18.9 Å². The van der Waals surface area contributed by atoms with Gasteiger partial charge in [0.25, 0.3) is 0 Å². The van der Waals surface area contributed by atoms with Gasteiger partial charge in [-0.2, -0.15) is 10.4 Å². The third-order valence-corrected chi connectivity index (χ3v) is 13.3. The molecule has 1 unspecified atom stereocenters. The van der Waals surface area contributed by atoms with Crippen LogP contribution in [0.15, 0.2) is 30.5 Å². The third kappa shape index (κ3) is 6.58. The summed E-state index contributed by atoms with van der Waals surface area (Å²) in [6.45, 7) is 18.4. The molecule has 0 spiro atoms. The van der Waals surface area contributed by atoms with Crippen LogP contribution in [0.5, 0.6) is 0 Å². The number of rotatable bonds is 10. The smallest absolute Gasteiger partial charge is 0.329 e. The van der Waals surface area contributed by atoms with Crippen molar-refractivity contribution >= 4 is 39.4 Å². The van der Waals surface area contributed by atoms with Crippen molar-refractivity contribution < 1.29 is 18.7 Å². The lowest BCUT2D eigenvalue weighted by Gasteiger charge is -2.39. The zero-order valence-corrected chi connectivity index (χ0v) is 27.7. The summed E-state index contributed by atoms with van der Waals surface area (Å²) in [5, 5.41) is 18.2. The summed E-state index contributed by atoms with van der Waals surface area (Å²) < 4.78 is 19.9. The standard InChI is InChI=1S/C31H41BN7O4Si/c1-21-12-27(39(37-21)16-24-17-41-10-11-42-24)36-29-34-9-8-26(35-29)22-13-23(15-33)28-25(14-22)31(5,18-38(28)32-20-40)19-43-44(6,7)30(2,3)4/h8-9,12-14,20,24H,10-11,16-19H2,1-7H3,(H,34,35,36)/t24?,31-/m1/s1. The Hall–Kier alpha value is -3.57. The summed E-state index contributed by atoms with van der Waals surface area (Å²) in [6, 6.07) is 10.0. The Balaban J connectivity index is 1.47. The Morgan fingerprint density at radius 3 is 2.77 bits per heavy atom. The van der Waals surface area contributed by atoms with Gasteiger partial charge in [0.15, 0.2) is 8.32 Å². The highest BCUT2D eigenvalue weighted by Crippen LogP contribution is 2.46. The van der Waals surface area contributed by atoms with Crippen LogP contribution in [0.4, 0.5) is 17.5 Å². The number of nitrogens with zero attached hydrogens (tertiary/aromatic N) is 6. The van der Waals surface area contributed by atoms with Crippen LogP contribution in [0.3, 0.4) is 0 Å². The van der Waals surface area contributed by atoms with Crippen molar-refractivity contribution in [2.45, 2.75) is 70.8 Å². The second kappa shape index (κ2) is 12.4. The van der Waals surface area contributed by atoms with E-state index in [0.29, 0.717) is 56.7 Å². The van der Waals surface area contributed by atoms with E-state index in [1.807, 2.05) is 34.6 Å². The second-order valence-corrected chi connectivity index (χ2v) is 18.2. The number of fused-ring (bicyclic) bond motifs is 1. The van der Waals surface area contributed by atoms with Gasteiger partial charge in [0, 0.05) is 42.1 Å². The largest absolute Gasteiger partial charge is 0.416 e. The molecule has 13 heteroatoms. The van der Waals surface area contributed by atoms with Crippen LogP contribution in [0.25, 0.3) is 11.3 Å². The molecule has 11 nitrogen and oxygen atoms in total. The van der Waals surface area contributed by atoms with Crippen molar-refractivity contribution in [3.05, 3.63) is 47.3 Å². The number of nitrogens with one attached hydrogen (secondary N) is 1. The fourth-order valence-corrected chi connectivity index (χ4v) is 6.48. The molecule has 231 valence electrons. The molecular weight excluding hydrogens is 573 g/mol. The highest BCUT2D eigenvalue weighted by Gasteiger charge is 2.44. The molecule has 1 radical (unpaired) electrons. The molecule has 1 N–H and O–H groups in total. The van der Waals surface area contributed by atoms with Gasteiger partial charge in [-0.15, -0.1) is 0 Å². The lowest BCUT2D eigenvalue weighted by molar-refractivity contribution is -0.0944. The van der Waals surface area contributed by atoms with E-state index in [2.05, 4.69) is 68.3 Å². The predicted molar refractivity (Wildman–Crippen MR) is 173 cm³/mol. The van der Waals surface area contributed by atoms with Crippen LogP contribution in [-0.2, 0) is 30.7 Å². The Morgan fingerprint density at radius 2 is 2.09 bits per heavy atom. The van der Waals surface area contributed by atoms with Crippen LogP contribution < -0.4 is 10.1 Å². The number of carbonyl (C=O) groups is 1. The van der Waals surface area contributed by atoms with Gasteiger partial charge >= 0.3 is 7.41 Å². The maximum absolute atomic E-state index is 11.6. The summed E-state index contributed by atoms with van der Waals surface area (Å²) in [5.41, 5.74) is 4.03. The number of hydrogen-bond donors (Lipinski definition) is 1. The van der Waals surface area contributed by atoms with E-state index < -0.39 is 13.7 Å². The fraction of sp³-hybridized carbons (Fsp3) is 0.516. The SMILES string of the molecule is Cc1cc(Nc2nccc(-c3cc(C#N)c4c(c3)[C@@](C)(CO[Si](C)(C)C(C)(C)C)CN4[B]C=O)n2)n(CC2COCCO2)n1. The first-order chi connectivity index (χ1) is 20.8. The molecule has 5 rings (SSSR count). The van der Waals surface area contributed by atoms with E-state index in [1.165, 1.54) is 7.41 Å². The van der Waals surface area contributed by atoms with Crippen LogP contribution in [-0.4, -0.2) is 80.7 Å². The molecule has 0 bridgehead atoms. The van der Waals surface area contributed by atoms with Crippen molar-refractivity contribution in [1.29, 1.82) is 5.26 Å². The zero-order chi connectivity index (χ0) is 31.7. The monoisotopic (exact) mass is 614 g/mol. The van der Waals surface area contributed by atoms with Gasteiger partial charge in [-0.25, -0.2) is 14.6 Å². The Morgan fingerprint density at radius 1 is 1.30 bits per heavy atom. The first-order valence-corrected chi connectivity index (χ1v) is 17.9. The molecule has 2 aliphatic heterocycles. The number of aromatic nitrogens is 4. The number of anilines is 3. The molecule has 0 saturated carbocycles. The van der Waals surface area contributed by atoms with Crippen LogP contribution in [0.2, 0.25) is 18.1 Å². The minimum Gasteiger partial charge on any atom is -0.416 e. The van der Waals surface area contributed by atoms with Gasteiger partial charge in [0.2, 0.25) is 5.95 Å². The van der Waals surface area contributed by atoms with Crippen molar-refractivity contribution in [1.82, 2.24) is 19.7 Å². The number of nitriles is 1. The average molecular weight is 615 g/mol. The minimum absolute atomic E-state index is 0.0501. The molecule has 0 amide bonds. The lowest BCUT2D eigenvalue weighted by Crippen LogP contribution is -2.46. The quantitative estimate of drug-likeness (QED) is 0.256. The van der Waals surface area contributed by atoms with Crippen molar-refractivity contribution in [3.8, 4) is 17.3 Å². The minimum atomic E-state index is -2.06. The fourth-order valence-electron chi connectivity index (χ4n) is 5.37. The molecule has 2 aliphatic rings. The summed E-state index contributed by atoms with van der Waals surface area (Å²) >= 11 is 0. The molecule has 3 aromatic rings. The zero-order valence-electron chi connectivity index (χ0n) is 26.7. The van der Waals surface area contributed by atoms with Crippen molar-refractivity contribution in [2.75, 3.05) is 43.1 Å². The lowest BCUT2D eigenvalue weighted by atomic mass is 9.83. The molecule has 2 aromatic heterocycles.